The van der Waals surface area contributed by atoms with Crippen LogP contribution >= 0.6 is 28.7 Å². The van der Waals surface area contributed by atoms with Crippen LogP contribution in [0.4, 0.5) is 5.69 Å². The molecule has 0 bridgehead atoms. The first-order chi connectivity index (χ1) is 9.16. The zero-order valence-electron chi connectivity index (χ0n) is 11.4. The Morgan fingerprint density at radius 3 is 2.35 bits per heavy atom. The molecular formula is C16H16BrNOS. The summed E-state index contributed by atoms with van der Waals surface area (Å²) in [6.07, 6.45) is 0. The lowest BCUT2D eigenvalue weighted by atomic mass is 10.1. The van der Waals surface area contributed by atoms with Gasteiger partial charge in [-0.1, -0.05) is 48.2 Å². The van der Waals surface area contributed by atoms with Crippen LogP contribution in [0.3, 0.4) is 0 Å². The van der Waals surface area contributed by atoms with Gasteiger partial charge in [0.25, 0.3) is 0 Å². The molecule has 0 spiro atoms. The van der Waals surface area contributed by atoms with E-state index in [2.05, 4.69) is 48.3 Å². The van der Waals surface area contributed by atoms with Gasteiger partial charge in [0.1, 0.15) is 5.37 Å². The first-order valence-electron chi connectivity index (χ1n) is 6.26. The smallest absolute Gasteiger partial charge is 0.159 e. The highest BCUT2D eigenvalue weighted by molar-refractivity contribution is 8.93. The zero-order valence-corrected chi connectivity index (χ0v) is 13.9. The predicted octanol–water partition coefficient (Wildman–Crippen LogP) is 4.71. The number of para-hydroxylation sites is 1. The molecule has 0 saturated heterocycles. The van der Waals surface area contributed by atoms with Gasteiger partial charge in [-0.25, -0.2) is 0 Å². The minimum atomic E-state index is 0. The van der Waals surface area contributed by atoms with Gasteiger partial charge in [0, 0.05) is 17.5 Å². The fraction of sp³-hybridized carbons (Fsp3) is 0.188. The van der Waals surface area contributed by atoms with Crippen LogP contribution in [0, 0.1) is 0 Å². The molecule has 1 aliphatic heterocycles. The second-order valence-electron chi connectivity index (χ2n) is 4.73. The lowest BCUT2D eigenvalue weighted by Gasteiger charge is -2.21. The van der Waals surface area contributed by atoms with Crippen molar-refractivity contribution >= 4 is 40.2 Å². The Bertz CT molecular complexity index is 627. The van der Waals surface area contributed by atoms with Crippen molar-refractivity contribution in [3.8, 4) is 0 Å². The molecule has 0 N–H and O–H groups in total. The second-order valence-corrected chi connectivity index (χ2v) is 5.85. The summed E-state index contributed by atoms with van der Waals surface area (Å²) in [7, 11) is 2.11. The second kappa shape index (κ2) is 6.02. The molecule has 4 heteroatoms. The van der Waals surface area contributed by atoms with E-state index in [0.29, 0.717) is 5.37 Å². The topological polar surface area (TPSA) is 20.3 Å². The monoisotopic (exact) mass is 349 g/mol. The lowest BCUT2D eigenvalue weighted by molar-refractivity contribution is 0.101. The highest BCUT2D eigenvalue weighted by Gasteiger charge is 2.27. The number of anilines is 1. The Balaban J connectivity index is 0.00000147. The highest BCUT2D eigenvalue weighted by Crippen LogP contribution is 2.50. The van der Waals surface area contributed by atoms with Gasteiger partial charge in [-0.3, -0.25) is 4.79 Å². The normalized spacial score (nSPS) is 16.5. The summed E-state index contributed by atoms with van der Waals surface area (Å²) < 4.78 is 0. The van der Waals surface area contributed by atoms with Crippen molar-refractivity contribution in [2.24, 2.45) is 0 Å². The molecule has 0 saturated carbocycles. The fourth-order valence-electron chi connectivity index (χ4n) is 2.35. The van der Waals surface area contributed by atoms with Gasteiger partial charge in [-0.05, 0) is 24.6 Å². The van der Waals surface area contributed by atoms with Gasteiger partial charge in [-0.15, -0.1) is 17.0 Å². The minimum absolute atomic E-state index is 0. The Labute approximate surface area is 133 Å². The number of halogens is 1. The van der Waals surface area contributed by atoms with Crippen LogP contribution in [0.2, 0.25) is 0 Å². The van der Waals surface area contributed by atoms with E-state index in [1.54, 1.807) is 6.92 Å². The van der Waals surface area contributed by atoms with Crippen molar-refractivity contribution in [1.82, 2.24) is 0 Å². The third kappa shape index (κ3) is 2.63. The maximum absolute atomic E-state index is 11.3. The molecule has 0 fully saturated rings. The molecule has 3 rings (SSSR count). The van der Waals surface area contributed by atoms with E-state index in [4.69, 9.17) is 0 Å². The number of rotatable bonds is 2. The van der Waals surface area contributed by atoms with Gasteiger partial charge >= 0.3 is 0 Å². The number of hydrogen-bond acceptors (Lipinski definition) is 3. The van der Waals surface area contributed by atoms with Crippen LogP contribution in [0.25, 0.3) is 0 Å². The van der Waals surface area contributed by atoms with E-state index in [9.17, 15) is 4.79 Å². The van der Waals surface area contributed by atoms with Crippen molar-refractivity contribution in [2.75, 3.05) is 11.9 Å². The first-order valence-corrected chi connectivity index (χ1v) is 7.14. The quantitative estimate of drug-likeness (QED) is 0.732. The summed E-state index contributed by atoms with van der Waals surface area (Å²) in [6, 6.07) is 16.4. The maximum atomic E-state index is 11.3. The molecule has 0 aromatic heterocycles. The van der Waals surface area contributed by atoms with Gasteiger partial charge in [0.2, 0.25) is 0 Å². The molecule has 0 radical (unpaired) electrons. The number of ketones is 1. The van der Waals surface area contributed by atoms with E-state index in [1.165, 1.54) is 16.1 Å². The number of thioether (sulfide) groups is 1. The average molecular weight is 350 g/mol. The summed E-state index contributed by atoms with van der Waals surface area (Å²) in [4.78, 5) is 14.9. The van der Waals surface area contributed by atoms with Gasteiger partial charge in [-0.2, -0.15) is 0 Å². The fourth-order valence-corrected chi connectivity index (χ4v) is 3.64. The molecule has 1 aliphatic rings. The number of Topliss-reactive ketones (excluding diaryl/α,β-unsaturated/α-hetero) is 1. The molecule has 1 heterocycles. The van der Waals surface area contributed by atoms with Crippen molar-refractivity contribution in [2.45, 2.75) is 17.2 Å². The molecule has 1 unspecified atom stereocenters. The summed E-state index contributed by atoms with van der Waals surface area (Å²) in [6.45, 7) is 1.60. The number of fused-ring (bicyclic) bond motifs is 1. The predicted molar refractivity (Wildman–Crippen MR) is 90.2 cm³/mol. The standard InChI is InChI=1S/C16H15NOS.BrH/c1-11(18)12-7-9-13(10-8-12)16-17(2)14-5-3-4-6-15(14)19-16;/h3-10,16H,1-2H3;1H. The maximum Gasteiger partial charge on any atom is 0.159 e. The van der Waals surface area contributed by atoms with Crippen molar-refractivity contribution < 1.29 is 4.79 Å². The van der Waals surface area contributed by atoms with Crippen LogP contribution < -0.4 is 4.90 Å². The number of nitrogens with zero attached hydrogens (tertiary/aromatic N) is 1. The van der Waals surface area contributed by atoms with Crippen LogP contribution in [0.15, 0.2) is 53.4 Å². The van der Waals surface area contributed by atoms with Gasteiger partial charge in [0.05, 0.1) is 5.69 Å². The van der Waals surface area contributed by atoms with Crippen molar-refractivity contribution in [3.63, 3.8) is 0 Å². The summed E-state index contributed by atoms with van der Waals surface area (Å²) in [5.41, 5.74) is 3.27. The summed E-state index contributed by atoms with van der Waals surface area (Å²) in [5, 5.41) is 0.290. The number of hydrogen-bond donors (Lipinski definition) is 0. The molecular weight excluding hydrogens is 334 g/mol. The molecule has 2 aromatic carbocycles. The van der Waals surface area contributed by atoms with Crippen LogP contribution in [0.1, 0.15) is 28.2 Å². The Morgan fingerprint density at radius 2 is 1.75 bits per heavy atom. The number of carbonyl (C=O) groups is 1. The lowest BCUT2D eigenvalue weighted by Crippen LogP contribution is -2.17. The van der Waals surface area contributed by atoms with Crippen molar-refractivity contribution in [1.29, 1.82) is 0 Å². The zero-order chi connectivity index (χ0) is 13.4. The minimum Gasteiger partial charge on any atom is -0.357 e. The Kier molecular flexibility index (Phi) is 4.55. The molecule has 0 aliphatic carbocycles. The van der Waals surface area contributed by atoms with Crippen LogP contribution in [-0.4, -0.2) is 12.8 Å². The average Bonchev–Trinajstić information content (AvgIpc) is 2.77. The van der Waals surface area contributed by atoms with Crippen LogP contribution in [0.5, 0.6) is 0 Å². The van der Waals surface area contributed by atoms with Gasteiger partial charge in [0.15, 0.2) is 5.78 Å². The summed E-state index contributed by atoms with van der Waals surface area (Å²) in [5.74, 6) is 0.113. The largest absolute Gasteiger partial charge is 0.357 e. The third-order valence-electron chi connectivity index (χ3n) is 3.44. The molecule has 20 heavy (non-hydrogen) atoms. The third-order valence-corrected chi connectivity index (χ3v) is 4.85. The Morgan fingerprint density at radius 1 is 1.10 bits per heavy atom. The van der Waals surface area contributed by atoms with E-state index < -0.39 is 0 Å². The molecule has 0 amide bonds. The molecule has 1 atom stereocenters. The van der Waals surface area contributed by atoms with Crippen LogP contribution in [-0.2, 0) is 0 Å². The Hall–Kier alpha value is -1.26. The molecule has 2 nitrogen and oxygen atoms in total. The highest BCUT2D eigenvalue weighted by atomic mass is 79.9. The SMILES string of the molecule is Br.CC(=O)c1ccc(C2Sc3ccccc3N2C)cc1. The molecule has 2 aromatic rings. The van der Waals surface area contributed by atoms with E-state index in [1.807, 2.05) is 23.9 Å². The van der Waals surface area contributed by atoms with E-state index in [0.717, 1.165) is 5.56 Å². The molecule has 104 valence electrons. The van der Waals surface area contributed by atoms with E-state index in [-0.39, 0.29) is 22.8 Å². The first kappa shape index (κ1) is 15.1. The van der Waals surface area contributed by atoms with Gasteiger partial charge < -0.3 is 4.90 Å². The number of benzene rings is 2. The summed E-state index contributed by atoms with van der Waals surface area (Å²) >= 11 is 1.85. The van der Waals surface area contributed by atoms with E-state index >= 15 is 0 Å². The van der Waals surface area contributed by atoms with Crippen molar-refractivity contribution in [3.05, 3.63) is 59.7 Å². The number of carbonyl (C=O) groups excluding carboxylic acids is 1.